The van der Waals surface area contributed by atoms with Crippen molar-refractivity contribution in [2.75, 3.05) is 0 Å². The third kappa shape index (κ3) is 3.54. The normalized spacial score (nSPS) is 10.8. The van der Waals surface area contributed by atoms with Crippen LogP contribution in [0.3, 0.4) is 0 Å². The van der Waals surface area contributed by atoms with Gasteiger partial charge in [0.05, 0.1) is 17.6 Å². The third-order valence-corrected chi connectivity index (χ3v) is 4.43. The van der Waals surface area contributed by atoms with Gasteiger partial charge in [-0.05, 0) is 60.4 Å². The second-order valence-corrected chi connectivity index (χ2v) is 6.19. The molecule has 3 nitrogen and oxygen atoms in total. The largest absolute Gasteiger partial charge is 0.278 e. The lowest BCUT2D eigenvalue weighted by atomic mass is 10.0. The van der Waals surface area contributed by atoms with Crippen LogP contribution in [0.25, 0.3) is 22.5 Å². The van der Waals surface area contributed by atoms with Gasteiger partial charge in [0, 0.05) is 17.3 Å². The Bertz CT molecular complexity index is 991. The average Bonchev–Trinajstić information content (AvgIpc) is 3.16. The van der Waals surface area contributed by atoms with Gasteiger partial charge in [0.15, 0.2) is 0 Å². The minimum Gasteiger partial charge on any atom is -0.278 e. The fourth-order valence-corrected chi connectivity index (χ4v) is 3.04. The summed E-state index contributed by atoms with van der Waals surface area (Å²) in [6.45, 7) is 0. The van der Waals surface area contributed by atoms with Crippen LogP contribution in [0.1, 0.15) is 11.1 Å². The molecule has 0 radical (unpaired) electrons. The highest BCUT2D eigenvalue weighted by Crippen LogP contribution is 2.26. The quantitative estimate of drug-likeness (QED) is 0.550. The van der Waals surface area contributed by atoms with Gasteiger partial charge in [-0.2, -0.15) is 5.10 Å². The molecule has 0 amide bonds. The molecule has 4 heteroatoms. The van der Waals surface area contributed by atoms with Crippen LogP contribution >= 0.6 is 0 Å². The van der Waals surface area contributed by atoms with E-state index >= 15 is 0 Å². The first-order valence-corrected chi connectivity index (χ1v) is 8.58. The molecule has 4 rings (SSSR count). The Morgan fingerprint density at radius 2 is 1.65 bits per heavy atom. The van der Waals surface area contributed by atoms with Gasteiger partial charge >= 0.3 is 0 Å². The molecule has 1 N–H and O–H groups in total. The van der Waals surface area contributed by atoms with E-state index in [0.29, 0.717) is 0 Å². The molecule has 0 aliphatic carbocycles. The standard InChI is InChI=1S/C22H18FN3/c23-20-10-8-17(9-11-20)21-14-18(12-13-24-21)22-19(15-25-26-22)7-6-16-4-2-1-3-5-16/h1-5,8-15H,6-7H2,(H,25,26). The second-order valence-electron chi connectivity index (χ2n) is 6.19. The average molecular weight is 343 g/mol. The maximum atomic E-state index is 13.1. The van der Waals surface area contributed by atoms with Crippen molar-refractivity contribution >= 4 is 0 Å². The minimum atomic E-state index is -0.248. The van der Waals surface area contributed by atoms with Crippen LogP contribution in [0.5, 0.6) is 0 Å². The molecule has 0 saturated heterocycles. The molecule has 0 unspecified atom stereocenters. The van der Waals surface area contributed by atoms with E-state index in [2.05, 4.69) is 39.4 Å². The molecule has 2 aromatic heterocycles. The summed E-state index contributed by atoms with van der Waals surface area (Å²) >= 11 is 0. The summed E-state index contributed by atoms with van der Waals surface area (Å²) in [5.74, 6) is -0.248. The van der Waals surface area contributed by atoms with E-state index in [1.54, 1.807) is 18.3 Å². The maximum absolute atomic E-state index is 13.1. The smallest absolute Gasteiger partial charge is 0.123 e. The van der Waals surface area contributed by atoms with E-state index in [1.807, 2.05) is 24.4 Å². The zero-order valence-corrected chi connectivity index (χ0v) is 14.2. The van der Waals surface area contributed by atoms with Gasteiger partial charge in [0.2, 0.25) is 0 Å². The Balaban J connectivity index is 1.59. The summed E-state index contributed by atoms with van der Waals surface area (Å²) in [7, 11) is 0. The van der Waals surface area contributed by atoms with Crippen LogP contribution in [0.2, 0.25) is 0 Å². The lowest BCUT2D eigenvalue weighted by molar-refractivity contribution is 0.628. The van der Waals surface area contributed by atoms with Gasteiger partial charge < -0.3 is 0 Å². The van der Waals surface area contributed by atoms with Crippen molar-refractivity contribution in [1.82, 2.24) is 15.2 Å². The molecule has 0 fully saturated rings. The molecule has 0 spiro atoms. The van der Waals surface area contributed by atoms with Crippen LogP contribution in [-0.4, -0.2) is 15.2 Å². The van der Waals surface area contributed by atoms with Crippen molar-refractivity contribution in [2.45, 2.75) is 12.8 Å². The number of aromatic nitrogens is 3. The molecule has 26 heavy (non-hydrogen) atoms. The molecular formula is C22H18FN3. The Morgan fingerprint density at radius 3 is 2.46 bits per heavy atom. The minimum absolute atomic E-state index is 0.248. The van der Waals surface area contributed by atoms with E-state index in [1.165, 1.54) is 23.3 Å². The number of nitrogens with zero attached hydrogens (tertiary/aromatic N) is 2. The highest BCUT2D eigenvalue weighted by Gasteiger charge is 2.10. The lowest BCUT2D eigenvalue weighted by Crippen LogP contribution is -1.93. The molecule has 128 valence electrons. The summed E-state index contributed by atoms with van der Waals surface area (Å²) in [5.41, 5.74) is 6.21. The predicted octanol–water partition coefficient (Wildman–Crippen LogP) is 5.06. The molecule has 0 saturated carbocycles. The fraction of sp³-hybridized carbons (Fsp3) is 0.0909. The van der Waals surface area contributed by atoms with Crippen molar-refractivity contribution in [3.8, 4) is 22.5 Å². The fourth-order valence-electron chi connectivity index (χ4n) is 3.04. The monoisotopic (exact) mass is 343 g/mol. The van der Waals surface area contributed by atoms with E-state index in [-0.39, 0.29) is 5.82 Å². The first-order valence-electron chi connectivity index (χ1n) is 8.58. The Hall–Kier alpha value is -3.27. The second kappa shape index (κ2) is 7.31. The number of halogens is 1. The molecule has 2 aromatic carbocycles. The van der Waals surface area contributed by atoms with Crippen molar-refractivity contribution in [3.05, 3.63) is 96.1 Å². The SMILES string of the molecule is Fc1ccc(-c2cc(-c3[nH]ncc3CCc3ccccc3)ccn2)cc1. The van der Waals surface area contributed by atoms with Crippen LogP contribution in [0.4, 0.5) is 4.39 Å². The predicted molar refractivity (Wildman–Crippen MR) is 101 cm³/mol. The van der Waals surface area contributed by atoms with Crippen molar-refractivity contribution in [1.29, 1.82) is 0 Å². The molecule has 0 atom stereocenters. The Labute approximate surface area is 151 Å². The van der Waals surface area contributed by atoms with E-state index in [4.69, 9.17) is 0 Å². The zero-order chi connectivity index (χ0) is 17.8. The molecule has 0 aliphatic heterocycles. The summed E-state index contributed by atoms with van der Waals surface area (Å²) < 4.78 is 13.1. The highest BCUT2D eigenvalue weighted by atomic mass is 19.1. The molecular weight excluding hydrogens is 325 g/mol. The Kier molecular flexibility index (Phi) is 4.56. The van der Waals surface area contributed by atoms with E-state index in [9.17, 15) is 4.39 Å². The molecule has 2 heterocycles. The number of hydrogen-bond acceptors (Lipinski definition) is 2. The number of rotatable bonds is 5. The number of nitrogens with one attached hydrogen (secondary N) is 1. The topological polar surface area (TPSA) is 41.6 Å². The number of benzene rings is 2. The molecule has 0 aliphatic rings. The van der Waals surface area contributed by atoms with Gasteiger partial charge in [-0.15, -0.1) is 0 Å². The zero-order valence-electron chi connectivity index (χ0n) is 14.2. The van der Waals surface area contributed by atoms with Gasteiger partial charge in [0.1, 0.15) is 5.82 Å². The number of aryl methyl sites for hydroxylation is 2. The van der Waals surface area contributed by atoms with Crippen molar-refractivity contribution in [3.63, 3.8) is 0 Å². The first kappa shape index (κ1) is 16.2. The number of H-pyrrole nitrogens is 1. The third-order valence-electron chi connectivity index (χ3n) is 4.43. The molecule has 4 aromatic rings. The summed E-state index contributed by atoms with van der Waals surface area (Å²) in [5, 5.41) is 7.34. The Morgan fingerprint density at radius 1 is 0.846 bits per heavy atom. The number of hydrogen-bond donors (Lipinski definition) is 1. The van der Waals surface area contributed by atoms with Crippen LogP contribution in [-0.2, 0) is 12.8 Å². The summed E-state index contributed by atoms with van der Waals surface area (Å²) in [6.07, 6.45) is 5.53. The molecule has 0 bridgehead atoms. The van der Waals surface area contributed by atoms with E-state index in [0.717, 1.165) is 35.4 Å². The van der Waals surface area contributed by atoms with Crippen molar-refractivity contribution < 1.29 is 4.39 Å². The maximum Gasteiger partial charge on any atom is 0.123 e. The lowest BCUT2D eigenvalue weighted by Gasteiger charge is -2.06. The first-order chi connectivity index (χ1) is 12.8. The van der Waals surface area contributed by atoms with Gasteiger partial charge in [-0.25, -0.2) is 4.39 Å². The van der Waals surface area contributed by atoms with Gasteiger partial charge in [-0.1, -0.05) is 30.3 Å². The van der Waals surface area contributed by atoms with Crippen molar-refractivity contribution in [2.24, 2.45) is 0 Å². The van der Waals surface area contributed by atoms with E-state index < -0.39 is 0 Å². The van der Waals surface area contributed by atoms with Crippen LogP contribution in [0.15, 0.2) is 79.1 Å². The van der Waals surface area contributed by atoms with Crippen LogP contribution < -0.4 is 0 Å². The van der Waals surface area contributed by atoms with Crippen LogP contribution in [0, 0.1) is 5.82 Å². The van der Waals surface area contributed by atoms with Gasteiger partial charge in [0.25, 0.3) is 0 Å². The highest BCUT2D eigenvalue weighted by molar-refractivity contribution is 5.69. The summed E-state index contributed by atoms with van der Waals surface area (Å²) in [4.78, 5) is 4.42. The van der Waals surface area contributed by atoms with Gasteiger partial charge in [-0.3, -0.25) is 10.1 Å². The number of aromatic amines is 1. The summed E-state index contributed by atoms with van der Waals surface area (Å²) in [6, 6.07) is 20.8. The number of pyridine rings is 1.